The first-order chi connectivity index (χ1) is 16.0. The average molecular weight is 602 g/mol. The monoisotopic (exact) mass is 600 g/mol. The molecule has 2 aromatic heterocycles. The van der Waals surface area contributed by atoms with Crippen molar-refractivity contribution < 1.29 is 19.4 Å². The Morgan fingerprint density at radius 3 is 2.48 bits per heavy atom. The predicted molar refractivity (Wildman–Crippen MR) is 141 cm³/mol. The van der Waals surface area contributed by atoms with Gasteiger partial charge < -0.3 is 4.89 Å². The van der Waals surface area contributed by atoms with Crippen molar-refractivity contribution in [3.63, 3.8) is 0 Å². The van der Waals surface area contributed by atoms with Gasteiger partial charge >= 0.3 is 0 Å². The smallest absolute Gasteiger partial charge is 0.204 e. The minimum absolute atomic E-state index is 0.182. The number of benzene rings is 2. The minimum Gasteiger partial charge on any atom is -0.337 e. The van der Waals surface area contributed by atoms with Crippen molar-refractivity contribution in [3.8, 4) is 5.75 Å². The summed E-state index contributed by atoms with van der Waals surface area (Å²) in [7, 11) is 0. The van der Waals surface area contributed by atoms with Crippen LogP contribution in [0.3, 0.4) is 0 Å². The van der Waals surface area contributed by atoms with Gasteiger partial charge in [0.15, 0.2) is 11.5 Å². The molecule has 0 saturated heterocycles. The molecule has 164 valence electrons. The fraction of sp³-hybridized carbons (Fsp3) is 0.0400. The quantitative estimate of drug-likeness (QED) is 0.113. The number of thiophene rings is 2. The fourth-order valence-corrected chi connectivity index (χ4v) is 8.31. The van der Waals surface area contributed by atoms with Gasteiger partial charge in [-0.15, -0.1) is 22.7 Å². The van der Waals surface area contributed by atoms with Gasteiger partial charge in [0.1, 0.15) is 6.61 Å². The van der Waals surface area contributed by atoms with Gasteiger partial charge in [-0.2, -0.15) is 4.89 Å². The summed E-state index contributed by atoms with van der Waals surface area (Å²) in [6, 6.07) is 13.0. The first-order valence-corrected chi connectivity index (χ1v) is 13.0. The van der Waals surface area contributed by atoms with E-state index in [-0.39, 0.29) is 18.2 Å². The van der Waals surface area contributed by atoms with Crippen molar-refractivity contribution in [1.29, 1.82) is 0 Å². The third kappa shape index (κ3) is 3.96. The van der Waals surface area contributed by atoms with E-state index in [2.05, 4.69) is 38.4 Å². The van der Waals surface area contributed by atoms with Crippen LogP contribution in [0.4, 0.5) is 0 Å². The molecule has 0 unspecified atom stereocenters. The molecule has 0 bridgehead atoms. The van der Waals surface area contributed by atoms with Gasteiger partial charge in [-0.05, 0) is 49.6 Å². The summed E-state index contributed by atoms with van der Waals surface area (Å²) in [5.74, 6) is -0.0474. The normalized spacial score (nSPS) is 12.9. The highest BCUT2D eigenvalue weighted by molar-refractivity contribution is 9.12. The first kappa shape index (κ1) is 22.4. The second kappa shape index (κ2) is 9.12. The Kier molecular flexibility index (Phi) is 6.20. The zero-order valence-corrected chi connectivity index (χ0v) is 21.7. The Balaban J connectivity index is 1.44. The van der Waals surface area contributed by atoms with E-state index >= 15 is 0 Å². The molecule has 0 radical (unpaired) electrons. The predicted octanol–water partition coefficient (Wildman–Crippen LogP) is 7.93. The molecular weight excluding hydrogens is 588 g/mol. The Morgan fingerprint density at radius 1 is 0.970 bits per heavy atom. The van der Waals surface area contributed by atoms with E-state index in [1.54, 1.807) is 18.2 Å². The van der Waals surface area contributed by atoms with Gasteiger partial charge in [0.25, 0.3) is 0 Å². The molecule has 4 aromatic rings. The maximum atomic E-state index is 13.4. The topological polar surface area (TPSA) is 52.6 Å². The second-order valence-corrected chi connectivity index (χ2v) is 11.8. The van der Waals surface area contributed by atoms with Crippen LogP contribution in [-0.2, 0) is 4.89 Å². The van der Waals surface area contributed by atoms with E-state index in [9.17, 15) is 9.59 Å². The summed E-state index contributed by atoms with van der Waals surface area (Å²) in [6.07, 6.45) is 5.33. The van der Waals surface area contributed by atoms with Crippen molar-refractivity contribution in [3.05, 3.63) is 95.4 Å². The molecule has 2 aromatic carbocycles. The highest BCUT2D eigenvalue weighted by Gasteiger charge is 2.36. The maximum Gasteiger partial charge on any atom is 0.204 e. The molecule has 5 rings (SSSR count). The lowest BCUT2D eigenvalue weighted by atomic mass is 9.86. The zero-order valence-electron chi connectivity index (χ0n) is 16.9. The number of hydrogen-bond acceptors (Lipinski definition) is 6. The Morgan fingerprint density at radius 2 is 1.73 bits per heavy atom. The molecular formula is C25H14Br2O4S2. The van der Waals surface area contributed by atoms with Gasteiger partial charge in [0, 0.05) is 22.1 Å². The minimum atomic E-state index is -0.200. The lowest BCUT2D eigenvalue weighted by Crippen LogP contribution is -2.19. The summed E-state index contributed by atoms with van der Waals surface area (Å²) < 4.78 is 2.61. The van der Waals surface area contributed by atoms with Crippen molar-refractivity contribution in [2.45, 2.75) is 0 Å². The van der Waals surface area contributed by atoms with Crippen LogP contribution in [0.5, 0.6) is 5.75 Å². The average Bonchev–Trinajstić information content (AvgIpc) is 3.35. The Bertz CT molecular complexity index is 1470. The largest absolute Gasteiger partial charge is 0.337 e. The maximum absolute atomic E-state index is 13.4. The van der Waals surface area contributed by atoms with Crippen LogP contribution in [-0.4, -0.2) is 18.2 Å². The van der Waals surface area contributed by atoms with Crippen LogP contribution in [0.15, 0.2) is 62.7 Å². The summed E-state index contributed by atoms with van der Waals surface area (Å²) in [5, 5.41) is 0.782. The van der Waals surface area contributed by atoms with E-state index in [1.165, 1.54) is 22.7 Å². The van der Waals surface area contributed by atoms with E-state index in [1.807, 2.05) is 42.5 Å². The van der Waals surface area contributed by atoms with Gasteiger partial charge in [-0.25, -0.2) is 0 Å². The SMILES string of the molecule is C=Cc1cc2c(cc1OOC/C=C/c1ccccc1)C(=O)c1sc3c(Br)sc(Br)c3c1C2=O. The van der Waals surface area contributed by atoms with Crippen LogP contribution in [0.2, 0.25) is 0 Å². The van der Waals surface area contributed by atoms with Crippen LogP contribution in [0.1, 0.15) is 42.3 Å². The van der Waals surface area contributed by atoms with Crippen LogP contribution in [0.25, 0.3) is 22.2 Å². The third-order valence-corrected chi connectivity index (χ3v) is 9.31. The van der Waals surface area contributed by atoms with E-state index in [0.717, 1.165) is 23.2 Å². The Labute approximate surface area is 214 Å². The molecule has 0 amide bonds. The number of ketones is 2. The molecule has 0 fully saturated rings. The second-order valence-electron chi connectivity index (χ2n) is 7.14. The van der Waals surface area contributed by atoms with Crippen molar-refractivity contribution >= 4 is 88.3 Å². The molecule has 33 heavy (non-hydrogen) atoms. The summed E-state index contributed by atoms with van der Waals surface area (Å²) in [5.41, 5.74) is 2.72. The number of fused-ring (bicyclic) bond motifs is 4. The molecule has 8 heteroatoms. The van der Waals surface area contributed by atoms with Crippen LogP contribution >= 0.6 is 54.5 Å². The molecule has 0 atom stereocenters. The van der Waals surface area contributed by atoms with E-state index in [4.69, 9.17) is 9.78 Å². The highest BCUT2D eigenvalue weighted by atomic mass is 79.9. The van der Waals surface area contributed by atoms with Gasteiger partial charge in [0.2, 0.25) is 5.78 Å². The van der Waals surface area contributed by atoms with Crippen molar-refractivity contribution in [2.75, 3.05) is 6.61 Å². The molecule has 0 spiro atoms. The van der Waals surface area contributed by atoms with Crippen LogP contribution in [0, 0.1) is 0 Å². The zero-order chi connectivity index (χ0) is 23.1. The number of halogens is 2. The van der Waals surface area contributed by atoms with Gasteiger partial charge in [-0.3, -0.25) is 9.59 Å². The number of rotatable bonds is 6. The summed E-state index contributed by atoms with van der Waals surface area (Å²) in [4.78, 5) is 38.0. The lowest BCUT2D eigenvalue weighted by Gasteiger charge is -2.17. The van der Waals surface area contributed by atoms with E-state index in [0.29, 0.717) is 32.9 Å². The third-order valence-electron chi connectivity index (χ3n) is 5.18. The number of carbonyl (C=O) groups excluding carboxylic acids is 2. The molecule has 0 aliphatic heterocycles. The molecule has 0 saturated carbocycles. The molecule has 2 heterocycles. The first-order valence-electron chi connectivity index (χ1n) is 9.80. The molecule has 4 nitrogen and oxygen atoms in total. The summed E-state index contributed by atoms with van der Waals surface area (Å²) >= 11 is 9.88. The highest BCUT2D eigenvalue weighted by Crippen LogP contribution is 2.49. The number of carbonyl (C=O) groups is 2. The number of hydrogen-bond donors (Lipinski definition) is 0. The Hall–Kier alpha value is -2.36. The summed E-state index contributed by atoms with van der Waals surface area (Å²) in [6.45, 7) is 4.03. The molecule has 1 aliphatic carbocycles. The van der Waals surface area contributed by atoms with Crippen molar-refractivity contribution in [2.24, 2.45) is 0 Å². The molecule has 0 N–H and O–H groups in total. The lowest BCUT2D eigenvalue weighted by molar-refractivity contribution is -0.195. The van der Waals surface area contributed by atoms with Gasteiger partial charge in [0.05, 0.1) is 22.7 Å². The van der Waals surface area contributed by atoms with E-state index < -0.39 is 0 Å². The van der Waals surface area contributed by atoms with Crippen LogP contribution < -0.4 is 4.89 Å². The van der Waals surface area contributed by atoms with Crippen molar-refractivity contribution in [1.82, 2.24) is 0 Å². The fourth-order valence-electron chi connectivity index (χ4n) is 3.66. The standard InChI is InChI=1S/C25H14Br2O4S2/c1-2-14-11-15-16(12-17(14)31-30-10-6-9-13-7-4-3-5-8-13)21(29)22-18(20(15)28)19-23(32-22)25(27)33-24(19)26/h2-9,11-12H,1,10H2/b9-6+. The molecule has 1 aliphatic rings. The van der Waals surface area contributed by atoms with Gasteiger partial charge in [-0.1, -0.05) is 55.1 Å².